The minimum atomic E-state index is -0.583. The van der Waals surface area contributed by atoms with E-state index in [0.29, 0.717) is 23.5 Å². The van der Waals surface area contributed by atoms with Crippen LogP contribution in [0.2, 0.25) is 5.02 Å². The van der Waals surface area contributed by atoms with Crippen LogP contribution in [0, 0.1) is 10.1 Å². The number of hydrogen-bond acceptors (Lipinski definition) is 6. The summed E-state index contributed by atoms with van der Waals surface area (Å²) in [5, 5.41) is 14.5. The van der Waals surface area contributed by atoms with Gasteiger partial charge in [-0.05, 0) is 41.8 Å². The van der Waals surface area contributed by atoms with Gasteiger partial charge in [0.1, 0.15) is 5.02 Å². The molecule has 0 unspecified atom stereocenters. The normalized spacial score (nSPS) is 10.5. The Morgan fingerprint density at radius 3 is 2.75 bits per heavy atom. The van der Waals surface area contributed by atoms with E-state index < -0.39 is 10.8 Å². The molecular weight excluding hydrogens is 386 g/mol. The van der Waals surface area contributed by atoms with Gasteiger partial charge < -0.3 is 9.47 Å². The molecule has 0 radical (unpaired) electrons. The fraction of sp³-hybridized carbons (Fsp3) is 0.158. The number of ether oxygens (including phenoxy) is 2. The van der Waals surface area contributed by atoms with Crippen molar-refractivity contribution in [3.63, 3.8) is 0 Å². The van der Waals surface area contributed by atoms with Crippen LogP contribution in [0.1, 0.15) is 11.1 Å². The SMILES string of the molecule is C=CCc1ccc(OCC(=O)N/N=C\c2ccc([N+](=O)[O-])c(Cl)c2)c(OC)c1. The molecule has 0 saturated heterocycles. The lowest BCUT2D eigenvalue weighted by Gasteiger charge is -2.11. The molecule has 0 atom stereocenters. The summed E-state index contributed by atoms with van der Waals surface area (Å²) in [5.74, 6) is 0.453. The molecule has 9 heteroatoms. The maximum Gasteiger partial charge on any atom is 0.287 e. The molecule has 0 aromatic heterocycles. The second kappa shape index (κ2) is 10.1. The zero-order valence-corrected chi connectivity index (χ0v) is 15.8. The van der Waals surface area contributed by atoms with E-state index in [2.05, 4.69) is 17.1 Å². The van der Waals surface area contributed by atoms with Gasteiger partial charge in [-0.25, -0.2) is 5.43 Å². The van der Waals surface area contributed by atoms with Crippen molar-refractivity contribution in [3.05, 3.63) is 75.3 Å². The Morgan fingerprint density at radius 1 is 1.32 bits per heavy atom. The van der Waals surface area contributed by atoms with Crippen molar-refractivity contribution in [1.29, 1.82) is 0 Å². The van der Waals surface area contributed by atoms with Gasteiger partial charge in [-0.1, -0.05) is 23.7 Å². The van der Waals surface area contributed by atoms with Gasteiger partial charge in [0.25, 0.3) is 11.6 Å². The van der Waals surface area contributed by atoms with Gasteiger partial charge in [0.05, 0.1) is 18.2 Å². The standard InChI is InChI=1S/C19H18ClN3O5/c1-3-4-13-6-8-17(18(10-13)27-2)28-12-19(24)22-21-11-14-5-7-16(23(25)26)15(20)9-14/h3,5-11H,1,4,12H2,2H3,(H,22,24)/b21-11-. The first-order valence-corrected chi connectivity index (χ1v) is 8.49. The third kappa shape index (κ3) is 5.82. The number of halogens is 1. The van der Waals surface area contributed by atoms with Crippen LogP contribution in [0.4, 0.5) is 5.69 Å². The van der Waals surface area contributed by atoms with Crippen LogP contribution in [-0.2, 0) is 11.2 Å². The number of nitrogens with one attached hydrogen (secondary N) is 1. The summed E-state index contributed by atoms with van der Waals surface area (Å²) in [6, 6.07) is 9.48. The minimum absolute atomic E-state index is 0.0180. The molecule has 0 saturated carbocycles. The Hall–Kier alpha value is -3.39. The fourth-order valence-corrected chi connectivity index (χ4v) is 2.49. The minimum Gasteiger partial charge on any atom is -0.493 e. The van der Waals surface area contributed by atoms with E-state index in [1.165, 1.54) is 31.5 Å². The Morgan fingerprint density at radius 2 is 2.11 bits per heavy atom. The predicted octanol–water partition coefficient (Wildman–Crippen LogP) is 3.51. The molecule has 0 spiro atoms. The van der Waals surface area contributed by atoms with Gasteiger partial charge in [0.2, 0.25) is 0 Å². The number of allylic oxidation sites excluding steroid dienone is 1. The zero-order valence-electron chi connectivity index (χ0n) is 15.1. The molecular formula is C19H18ClN3O5. The summed E-state index contributed by atoms with van der Waals surface area (Å²) < 4.78 is 10.7. The van der Waals surface area contributed by atoms with Crippen LogP contribution < -0.4 is 14.9 Å². The number of nitro benzene ring substituents is 1. The molecule has 146 valence electrons. The topological polar surface area (TPSA) is 103 Å². The van der Waals surface area contributed by atoms with Crippen LogP contribution >= 0.6 is 11.6 Å². The third-order valence-electron chi connectivity index (χ3n) is 3.54. The number of methoxy groups -OCH3 is 1. The van der Waals surface area contributed by atoms with Crippen molar-refractivity contribution in [2.75, 3.05) is 13.7 Å². The molecule has 0 aliphatic rings. The number of nitrogens with zero attached hydrogens (tertiary/aromatic N) is 2. The van der Waals surface area contributed by atoms with Gasteiger partial charge in [-0.15, -0.1) is 6.58 Å². The average molecular weight is 404 g/mol. The number of carbonyl (C=O) groups excluding carboxylic acids is 1. The molecule has 2 aromatic carbocycles. The summed E-state index contributed by atoms with van der Waals surface area (Å²) >= 11 is 5.81. The summed E-state index contributed by atoms with van der Waals surface area (Å²) in [4.78, 5) is 22.0. The monoisotopic (exact) mass is 403 g/mol. The summed E-state index contributed by atoms with van der Waals surface area (Å²) in [7, 11) is 1.51. The van der Waals surface area contributed by atoms with Crippen LogP contribution in [0.25, 0.3) is 0 Å². The molecule has 0 heterocycles. The molecule has 0 aliphatic heterocycles. The van der Waals surface area contributed by atoms with Gasteiger partial charge in [-0.2, -0.15) is 5.10 Å². The number of hydrogen-bond donors (Lipinski definition) is 1. The van der Waals surface area contributed by atoms with Crippen LogP contribution in [0.3, 0.4) is 0 Å². The highest BCUT2D eigenvalue weighted by Crippen LogP contribution is 2.28. The van der Waals surface area contributed by atoms with Crippen molar-refractivity contribution in [3.8, 4) is 11.5 Å². The Kier molecular flexibility index (Phi) is 7.53. The number of benzene rings is 2. The summed E-state index contributed by atoms with van der Waals surface area (Å²) in [6.07, 6.45) is 3.79. The number of nitro groups is 1. The molecule has 1 amide bonds. The molecule has 28 heavy (non-hydrogen) atoms. The number of carbonyl (C=O) groups is 1. The lowest BCUT2D eigenvalue weighted by Crippen LogP contribution is -2.24. The first-order valence-electron chi connectivity index (χ1n) is 8.11. The molecule has 0 aliphatic carbocycles. The Labute approximate surface area is 166 Å². The van der Waals surface area contributed by atoms with Crippen LogP contribution in [-0.4, -0.2) is 30.8 Å². The molecule has 1 N–H and O–H groups in total. The quantitative estimate of drug-likeness (QED) is 0.298. The predicted molar refractivity (Wildman–Crippen MR) is 106 cm³/mol. The van der Waals surface area contributed by atoms with E-state index >= 15 is 0 Å². The van der Waals surface area contributed by atoms with Crippen molar-refractivity contribution >= 4 is 29.4 Å². The molecule has 0 fully saturated rings. The molecule has 0 bridgehead atoms. The highest BCUT2D eigenvalue weighted by molar-refractivity contribution is 6.32. The lowest BCUT2D eigenvalue weighted by molar-refractivity contribution is -0.384. The number of amides is 1. The van der Waals surface area contributed by atoms with E-state index in [4.69, 9.17) is 21.1 Å². The highest BCUT2D eigenvalue weighted by Gasteiger charge is 2.11. The van der Waals surface area contributed by atoms with Gasteiger partial charge in [-0.3, -0.25) is 14.9 Å². The third-order valence-corrected chi connectivity index (χ3v) is 3.84. The number of rotatable bonds is 9. The van der Waals surface area contributed by atoms with E-state index in [0.717, 1.165) is 5.56 Å². The smallest absolute Gasteiger partial charge is 0.287 e. The van der Waals surface area contributed by atoms with E-state index in [-0.39, 0.29) is 17.3 Å². The van der Waals surface area contributed by atoms with E-state index in [9.17, 15) is 14.9 Å². The fourth-order valence-electron chi connectivity index (χ4n) is 2.23. The lowest BCUT2D eigenvalue weighted by atomic mass is 10.1. The van der Waals surface area contributed by atoms with Gasteiger partial charge >= 0.3 is 0 Å². The van der Waals surface area contributed by atoms with Crippen molar-refractivity contribution in [1.82, 2.24) is 5.43 Å². The van der Waals surface area contributed by atoms with E-state index in [1.54, 1.807) is 12.1 Å². The second-order valence-corrected chi connectivity index (χ2v) is 5.94. The zero-order chi connectivity index (χ0) is 20.5. The highest BCUT2D eigenvalue weighted by atomic mass is 35.5. The summed E-state index contributed by atoms with van der Waals surface area (Å²) in [5.41, 5.74) is 3.60. The van der Waals surface area contributed by atoms with Crippen molar-refractivity contribution in [2.24, 2.45) is 5.10 Å². The van der Waals surface area contributed by atoms with Crippen molar-refractivity contribution in [2.45, 2.75) is 6.42 Å². The average Bonchev–Trinajstić information content (AvgIpc) is 2.67. The largest absolute Gasteiger partial charge is 0.493 e. The van der Waals surface area contributed by atoms with Crippen LogP contribution in [0.5, 0.6) is 11.5 Å². The van der Waals surface area contributed by atoms with Gasteiger partial charge in [0, 0.05) is 6.07 Å². The maximum atomic E-state index is 11.9. The molecule has 2 aromatic rings. The first kappa shape index (κ1) is 20.9. The first-order chi connectivity index (χ1) is 13.4. The summed E-state index contributed by atoms with van der Waals surface area (Å²) in [6.45, 7) is 3.42. The number of hydrazone groups is 1. The maximum absolute atomic E-state index is 11.9. The van der Waals surface area contributed by atoms with E-state index in [1.807, 2.05) is 12.1 Å². The molecule has 8 nitrogen and oxygen atoms in total. The van der Waals surface area contributed by atoms with Crippen molar-refractivity contribution < 1.29 is 19.2 Å². The van der Waals surface area contributed by atoms with Crippen LogP contribution in [0.15, 0.2) is 54.2 Å². The molecule has 2 rings (SSSR count). The van der Waals surface area contributed by atoms with Gasteiger partial charge in [0.15, 0.2) is 18.1 Å². The Bertz CT molecular complexity index is 914. The second-order valence-electron chi connectivity index (χ2n) is 5.53. The Balaban J connectivity index is 1.91.